The minimum absolute atomic E-state index is 0.447. The largest absolute Gasteiger partial charge is 0.338 e. The zero-order valence-corrected chi connectivity index (χ0v) is 15.6. The lowest BCUT2D eigenvalue weighted by molar-refractivity contribution is 1.14. The standard InChI is InChI=1S/C20H17ClN6/c1-12-4-3-5-15(10-12)24-20-26-18-17(22-8-9-23-18)19(27-20)25-16-7-6-14(21)11-13(16)2/h3-11H,1-2H3,(H2,23,24,25,26,27). The molecule has 0 aliphatic carbocycles. The van der Waals surface area contributed by atoms with Crippen LogP contribution < -0.4 is 10.6 Å². The molecule has 2 heterocycles. The van der Waals surface area contributed by atoms with Crippen molar-refractivity contribution in [3.63, 3.8) is 0 Å². The van der Waals surface area contributed by atoms with Gasteiger partial charge in [-0.25, -0.2) is 9.97 Å². The predicted molar refractivity (Wildman–Crippen MR) is 109 cm³/mol. The third-order valence-electron chi connectivity index (χ3n) is 4.05. The van der Waals surface area contributed by atoms with E-state index in [1.165, 1.54) is 0 Å². The molecule has 0 unspecified atom stereocenters. The molecular weight excluding hydrogens is 360 g/mol. The maximum atomic E-state index is 6.06. The molecule has 0 saturated carbocycles. The zero-order chi connectivity index (χ0) is 18.8. The predicted octanol–water partition coefficient (Wildman–Crippen LogP) is 5.18. The number of aromatic nitrogens is 4. The minimum Gasteiger partial charge on any atom is -0.338 e. The molecular formula is C20H17ClN6. The van der Waals surface area contributed by atoms with Gasteiger partial charge in [0, 0.05) is 28.8 Å². The molecule has 27 heavy (non-hydrogen) atoms. The molecule has 2 aromatic carbocycles. The van der Waals surface area contributed by atoms with Crippen LogP contribution in [-0.4, -0.2) is 19.9 Å². The SMILES string of the molecule is Cc1cccc(Nc2nc(Nc3ccc(Cl)cc3C)c3nccnc3n2)c1. The van der Waals surface area contributed by atoms with Gasteiger partial charge in [0.1, 0.15) is 0 Å². The second kappa shape index (κ2) is 7.17. The van der Waals surface area contributed by atoms with Crippen molar-refractivity contribution in [1.29, 1.82) is 0 Å². The highest BCUT2D eigenvalue weighted by molar-refractivity contribution is 6.30. The molecule has 0 fully saturated rings. The summed E-state index contributed by atoms with van der Waals surface area (Å²) in [6, 6.07) is 13.6. The number of nitrogens with one attached hydrogen (secondary N) is 2. The van der Waals surface area contributed by atoms with Gasteiger partial charge in [-0.15, -0.1) is 0 Å². The molecule has 6 nitrogen and oxygen atoms in total. The number of fused-ring (bicyclic) bond motifs is 1. The van der Waals surface area contributed by atoms with Crippen LogP contribution in [-0.2, 0) is 0 Å². The van der Waals surface area contributed by atoms with E-state index in [1.54, 1.807) is 12.4 Å². The lowest BCUT2D eigenvalue weighted by Gasteiger charge is -2.12. The van der Waals surface area contributed by atoms with Crippen molar-refractivity contribution in [3.05, 3.63) is 71.0 Å². The van der Waals surface area contributed by atoms with Crippen LogP contribution in [0.3, 0.4) is 0 Å². The fourth-order valence-corrected chi connectivity index (χ4v) is 2.98. The number of aryl methyl sites for hydroxylation is 2. The van der Waals surface area contributed by atoms with Crippen LogP contribution in [0.25, 0.3) is 11.2 Å². The molecule has 0 aliphatic heterocycles. The van der Waals surface area contributed by atoms with Crippen LogP contribution in [0.4, 0.5) is 23.1 Å². The molecule has 0 atom stereocenters. The number of hydrogen-bond donors (Lipinski definition) is 2. The first-order valence-electron chi connectivity index (χ1n) is 8.44. The van der Waals surface area contributed by atoms with Gasteiger partial charge < -0.3 is 10.6 Å². The van der Waals surface area contributed by atoms with Gasteiger partial charge in [-0.05, 0) is 55.3 Å². The van der Waals surface area contributed by atoms with Gasteiger partial charge in [0.25, 0.3) is 0 Å². The summed E-state index contributed by atoms with van der Waals surface area (Å²) in [6.45, 7) is 4.02. The molecule has 4 aromatic rings. The Kier molecular flexibility index (Phi) is 4.56. The normalized spacial score (nSPS) is 10.8. The Balaban J connectivity index is 1.76. The summed E-state index contributed by atoms with van der Waals surface area (Å²) >= 11 is 6.06. The van der Waals surface area contributed by atoms with Crippen molar-refractivity contribution >= 4 is 45.9 Å². The number of nitrogens with zero attached hydrogens (tertiary/aromatic N) is 4. The summed E-state index contributed by atoms with van der Waals surface area (Å²) in [4.78, 5) is 17.8. The molecule has 0 radical (unpaired) electrons. The lowest BCUT2D eigenvalue weighted by atomic mass is 10.2. The van der Waals surface area contributed by atoms with E-state index in [9.17, 15) is 0 Å². The maximum Gasteiger partial charge on any atom is 0.231 e. The van der Waals surface area contributed by atoms with Crippen molar-refractivity contribution in [2.75, 3.05) is 10.6 Å². The van der Waals surface area contributed by atoms with Crippen LogP contribution in [0.15, 0.2) is 54.9 Å². The number of benzene rings is 2. The van der Waals surface area contributed by atoms with E-state index in [4.69, 9.17) is 11.6 Å². The van der Waals surface area contributed by atoms with Gasteiger partial charge in [0.2, 0.25) is 5.95 Å². The first-order valence-corrected chi connectivity index (χ1v) is 8.82. The van der Waals surface area contributed by atoms with Crippen molar-refractivity contribution in [2.45, 2.75) is 13.8 Å². The first kappa shape index (κ1) is 17.2. The van der Waals surface area contributed by atoms with E-state index >= 15 is 0 Å². The van der Waals surface area contributed by atoms with Gasteiger partial charge in [-0.2, -0.15) is 9.97 Å². The van der Waals surface area contributed by atoms with Crippen LogP contribution in [0, 0.1) is 13.8 Å². The smallest absolute Gasteiger partial charge is 0.231 e. The Morgan fingerprint density at radius 3 is 2.56 bits per heavy atom. The number of anilines is 4. The average molecular weight is 377 g/mol. The highest BCUT2D eigenvalue weighted by Gasteiger charge is 2.12. The summed E-state index contributed by atoms with van der Waals surface area (Å²) in [7, 11) is 0. The van der Waals surface area contributed by atoms with Crippen LogP contribution >= 0.6 is 11.6 Å². The quantitative estimate of drug-likeness (QED) is 0.511. The van der Waals surface area contributed by atoms with Crippen LogP contribution in [0.5, 0.6) is 0 Å². The second-order valence-electron chi connectivity index (χ2n) is 6.20. The fourth-order valence-electron chi connectivity index (χ4n) is 2.75. The molecule has 0 aliphatic rings. The van der Waals surface area contributed by atoms with Gasteiger partial charge in [0.05, 0.1) is 0 Å². The molecule has 0 amide bonds. The van der Waals surface area contributed by atoms with Crippen LogP contribution in [0.2, 0.25) is 5.02 Å². The van der Waals surface area contributed by atoms with Crippen molar-refractivity contribution in [1.82, 2.24) is 19.9 Å². The van der Waals surface area contributed by atoms with Crippen molar-refractivity contribution in [2.24, 2.45) is 0 Å². The maximum absolute atomic E-state index is 6.06. The molecule has 2 aromatic heterocycles. The minimum atomic E-state index is 0.447. The van der Waals surface area contributed by atoms with E-state index in [0.29, 0.717) is 28.0 Å². The summed E-state index contributed by atoms with van der Waals surface area (Å²) in [6.07, 6.45) is 3.24. The molecule has 0 saturated heterocycles. The second-order valence-corrected chi connectivity index (χ2v) is 6.64. The highest BCUT2D eigenvalue weighted by atomic mass is 35.5. The van der Waals surface area contributed by atoms with E-state index in [0.717, 1.165) is 22.5 Å². The van der Waals surface area contributed by atoms with Gasteiger partial charge in [0.15, 0.2) is 17.0 Å². The summed E-state index contributed by atoms with van der Waals surface area (Å²) in [5, 5.41) is 7.25. The topological polar surface area (TPSA) is 75.6 Å². The van der Waals surface area contributed by atoms with Crippen LogP contribution in [0.1, 0.15) is 11.1 Å². The number of halogens is 1. The summed E-state index contributed by atoms with van der Waals surface area (Å²) in [5.74, 6) is 1.02. The monoisotopic (exact) mass is 376 g/mol. The molecule has 7 heteroatoms. The third kappa shape index (κ3) is 3.80. The fraction of sp³-hybridized carbons (Fsp3) is 0.100. The average Bonchev–Trinajstić information content (AvgIpc) is 2.64. The van der Waals surface area contributed by atoms with E-state index in [1.807, 2.05) is 56.3 Å². The Morgan fingerprint density at radius 1 is 0.889 bits per heavy atom. The lowest BCUT2D eigenvalue weighted by Crippen LogP contribution is -2.04. The Bertz CT molecular complexity index is 1130. The summed E-state index contributed by atoms with van der Waals surface area (Å²) < 4.78 is 0. The van der Waals surface area contributed by atoms with E-state index < -0.39 is 0 Å². The molecule has 0 spiro atoms. The van der Waals surface area contributed by atoms with Gasteiger partial charge >= 0.3 is 0 Å². The van der Waals surface area contributed by atoms with Gasteiger partial charge in [-0.1, -0.05) is 23.7 Å². The Labute approximate surface area is 161 Å². The van der Waals surface area contributed by atoms with Gasteiger partial charge in [-0.3, -0.25) is 0 Å². The van der Waals surface area contributed by atoms with Crippen molar-refractivity contribution in [3.8, 4) is 0 Å². The number of hydrogen-bond acceptors (Lipinski definition) is 6. The molecule has 0 bridgehead atoms. The third-order valence-corrected chi connectivity index (χ3v) is 4.28. The van der Waals surface area contributed by atoms with E-state index in [-0.39, 0.29) is 0 Å². The number of rotatable bonds is 4. The molecule has 4 rings (SSSR count). The summed E-state index contributed by atoms with van der Waals surface area (Å²) in [5.41, 5.74) is 5.07. The molecule has 134 valence electrons. The molecule has 2 N–H and O–H groups in total. The highest BCUT2D eigenvalue weighted by Crippen LogP contribution is 2.27. The van der Waals surface area contributed by atoms with Crippen molar-refractivity contribution < 1.29 is 0 Å². The zero-order valence-electron chi connectivity index (χ0n) is 14.9. The Hall–Kier alpha value is -3.25. The van der Waals surface area contributed by atoms with E-state index in [2.05, 4.69) is 30.6 Å². The first-order chi connectivity index (χ1) is 13.1. The Morgan fingerprint density at radius 2 is 1.74 bits per heavy atom.